The Bertz CT molecular complexity index is 1940. The van der Waals surface area contributed by atoms with Gasteiger partial charge in [0, 0.05) is 32.2 Å². The molecule has 278 valence electrons. The summed E-state index contributed by atoms with van der Waals surface area (Å²) in [4.78, 5) is 51.2. The largest absolute Gasteiger partial charge is 0.485 e. The molecule has 0 aromatic heterocycles. The van der Waals surface area contributed by atoms with E-state index in [1.807, 2.05) is 115 Å². The van der Waals surface area contributed by atoms with Crippen LogP contribution < -0.4 is 25.4 Å². The van der Waals surface area contributed by atoms with Crippen LogP contribution >= 0.6 is 0 Å². The van der Waals surface area contributed by atoms with E-state index >= 15 is 0 Å². The van der Waals surface area contributed by atoms with Crippen molar-refractivity contribution in [3.8, 4) is 11.5 Å². The molecular formula is C44H45N3O7. The lowest BCUT2D eigenvalue weighted by Gasteiger charge is -2.22. The van der Waals surface area contributed by atoms with Gasteiger partial charge in [-0.3, -0.25) is 14.4 Å². The fraction of sp³-hybridized carbons (Fsp3) is 0.227. The van der Waals surface area contributed by atoms with Crippen molar-refractivity contribution in [1.29, 1.82) is 0 Å². The number of carboxylic acids is 1. The quantitative estimate of drug-likeness (QED) is 0.0791. The SMILES string of the molecule is O=C(CCC(=O)N[C@@H](Cc1ccccc1)C(=O)N[C@@H](Cc1ccccc1)C(=O)O)NCCc1ccc(OCc2ccccc2)c(OCc2ccccc2)c1. The molecule has 10 nitrogen and oxygen atoms in total. The minimum absolute atomic E-state index is 0.0856. The summed E-state index contributed by atoms with van der Waals surface area (Å²) in [5, 5.41) is 18.0. The Hall–Kier alpha value is -6.42. The van der Waals surface area contributed by atoms with Crippen molar-refractivity contribution in [2.24, 2.45) is 0 Å². The molecule has 0 fully saturated rings. The van der Waals surface area contributed by atoms with Crippen molar-refractivity contribution >= 4 is 23.7 Å². The first kappa shape index (κ1) is 38.8. The van der Waals surface area contributed by atoms with Crippen LogP contribution in [0.4, 0.5) is 0 Å². The Morgan fingerprint density at radius 3 is 1.54 bits per heavy atom. The molecule has 0 aliphatic heterocycles. The van der Waals surface area contributed by atoms with E-state index < -0.39 is 29.9 Å². The number of aliphatic carboxylic acids is 1. The van der Waals surface area contributed by atoms with Crippen LogP contribution in [0, 0.1) is 0 Å². The molecule has 2 atom stereocenters. The number of hydrogen-bond acceptors (Lipinski definition) is 6. The maximum Gasteiger partial charge on any atom is 0.326 e. The number of carboxylic acid groups (broad SMARTS) is 1. The molecule has 4 N–H and O–H groups in total. The molecule has 0 unspecified atom stereocenters. The van der Waals surface area contributed by atoms with Gasteiger partial charge >= 0.3 is 5.97 Å². The van der Waals surface area contributed by atoms with Crippen LogP contribution in [0.5, 0.6) is 11.5 Å². The van der Waals surface area contributed by atoms with Crippen molar-refractivity contribution in [3.05, 3.63) is 167 Å². The Labute approximate surface area is 315 Å². The van der Waals surface area contributed by atoms with E-state index in [4.69, 9.17) is 9.47 Å². The zero-order chi connectivity index (χ0) is 38.0. The molecule has 5 aromatic rings. The van der Waals surface area contributed by atoms with Gasteiger partial charge in [-0.05, 0) is 46.4 Å². The van der Waals surface area contributed by atoms with E-state index in [2.05, 4.69) is 16.0 Å². The summed E-state index contributed by atoms with van der Waals surface area (Å²) in [6, 6.07) is 41.3. The first-order chi connectivity index (χ1) is 26.3. The number of nitrogens with one attached hydrogen (secondary N) is 3. The minimum atomic E-state index is -1.19. The van der Waals surface area contributed by atoms with Crippen molar-refractivity contribution in [2.75, 3.05) is 6.54 Å². The molecule has 0 heterocycles. The number of carbonyl (C=O) groups is 4. The Kier molecular flexibility index (Phi) is 14.8. The van der Waals surface area contributed by atoms with Crippen molar-refractivity contribution in [1.82, 2.24) is 16.0 Å². The van der Waals surface area contributed by atoms with E-state index in [1.54, 1.807) is 24.3 Å². The van der Waals surface area contributed by atoms with E-state index in [9.17, 15) is 24.3 Å². The lowest BCUT2D eigenvalue weighted by Crippen LogP contribution is -2.53. The zero-order valence-electron chi connectivity index (χ0n) is 30.0. The fourth-order valence-corrected chi connectivity index (χ4v) is 5.72. The second-order valence-electron chi connectivity index (χ2n) is 12.8. The van der Waals surface area contributed by atoms with Crippen LogP contribution in [0.2, 0.25) is 0 Å². The molecule has 0 saturated carbocycles. The molecular weight excluding hydrogens is 682 g/mol. The van der Waals surface area contributed by atoms with Gasteiger partial charge in [-0.2, -0.15) is 0 Å². The van der Waals surface area contributed by atoms with E-state index in [-0.39, 0.29) is 31.6 Å². The number of benzene rings is 5. The molecule has 0 bridgehead atoms. The van der Waals surface area contributed by atoms with Crippen LogP contribution in [0.3, 0.4) is 0 Å². The molecule has 54 heavy (non-hydrogen) atoms. The highest BCUT2D eigenvalue weighted by atomic mass is 16.5. The molecule has 0 saturated heterocycles. The van der Waals surface area contributed by atoms with E-state index in [0.717, 1.165) is 27.8 Å². The number of amides is 3. The zero-order valence-corrected chi connectivity index (χ0v) is 30.0. The average Bonchev–Trinajstić information content (AvgIpc) is 3.20. The minimum Gasteiger partial charge on any atom is -0.485 e. The Morgan fingerprint density at radius 2 is 1.00 bits per heavy atom. The second-order valence-corrected chi connectivity index (χ2v) is 12.8. The highest BCUT2D eigenvalue weighted by molar-refractivity contribution is 5.91. The van der Waals surface area contributed by atoms with Gasteiger partial charge in [-0.25, -0.2) is 4.79 Å². The van der Waals surface area contributed by atoms with Crippen LogP contribution in [-0.4, -0.2) is 47.4 Å². The molecule has 5 aromatic carbocycles. The van der Waals surface area contributed by atoms with Gasteiger partial charge < -0.3 is 30.5 Å². The van der Waals surface area contributed by atoms with Crippen molar-refractivity contribution in [2.45, 2.75) is 57.4 Å². The van der Waals surface area contributed by atoms with Gasteiger partial charge in [0.15, 0.2) is 11.5 Å². The molecule has 3 amide bonds. The normalized spacial score (nSPS) is 11.8. The molecule has 0 aliphatic rings. The van der Waals surface area contributed by atoms with Gasteiger partial charge in [-0.1, -0.05) is 127 Å². The fourth-order valence-electron chi connectivity index (χ4n) is 5.72. The summed E-state index contributed by atoms with van der Waals surface area (Å²) >= 11 is 0. The van der Waals surface area contributed by atoms with Gasteiger partial charge in [0.1, 0.15) is 25.3 Å². The lowest BCUT2D eigenvalue weighted by atomic mass is 10.0. The predicted octanol–water partition coefficient (Wildman–Crippen LogP) is 5.82. The number of ether oxygens (including phenoxy) is 2. The average molecular weight is 728 g/mol. The van der Waals surface area contributed by atoms with Gasteiger partial charge in [0.2, 0.25) is 17.7 Å². The molecule has 5 rings (SSSR count). The summed E-state index contributed by atoms with van der Waals surface area (Å²) in [5.74, 6) is -1.41. The first-order valence-corrected chi connectivity index (χ1v) is 18.0. The summed E-state index contributed by atoms with van der Waals surface area (Å²) in [6.07, 6.45) is 0.514. The lowest BCUT2D eigenvalue weighted by molar-refractivity contribution is -0.142. The summed E-state index contributed by atoms with van der Waals surface area (Å²) in [5.41, 5.74) is 4.53. The first-order valence-electron chi connectivity index (χ1n) is 18.0. The van der Waals surface area contributed by atoms with E-state index in [1.165, 1.54) is 0 Å². The van der Waals surface area contributed by atoms with Gasteiger partial charge in [0.05, 0.1) is 0 Å². The third kappa shape index (κ3) is 13.0. The summed E-state index contributed by atoms with van der Waals surface area (Å²) in [6.45, 7) is 1.09. The standard InChI is InChI=1S/C44H45N3O7/c48-41(45-26-25-34-21-22-39(53-30-35-17-9-3-10-18-35)40(29-34)54-31-36-19-11-4-12-20-36)23-24-42(49)46-37(27-32-13-5-1-6-14-32)43(50)47-38(44(51)52)28-33-15-7-2-8-16-33/h1-22,29,37-38H,23-28,30-31H2,(H,45,48)(H,46,49)(H,47,50)(H,51,52)/t37-,38-/m0/s1. The van der Waals surface area contributed by atoms with Crippen LogP contribution in [0.15, 0.2) is 140 Å². The third-order valence-electron chi connectivity index (χ3n) is 8.63. The van der Waals surface area contributed by atoms with Gasteiger partial charge in [0.25, 0.3) is 0 Å². The maximum atomic E-state index is 13.4. The molecule has 0 spiro atoms. The molecule has 10 heteroatoms. The Morgan fingerprint density at radius 1 is 0.519 bits per heavy atom. The molecule has 0 aliphatic carbocycles. The maximum absolute atomic E-state index is 13.4. The Balaban J connectivity index is 1.13. The topological polar surface area (TPSA) is 143 Å². The van der Waals surface area contributed by atoms with Gasteiger partial charge in [-0.15, -0.1) is 0 Å². The monoisotopic (exact) mass is 727 g/mol. The number of rotatable bonds is 20. The third-order valence-corrected chi connectivity index (χ3v) is 8.63. The summed E-state index contributed by atoms with van der Waals surface area (Å²) in [7, 11) is 0. The van der Waals surface area contributed by atoms with Crippen LogP contribution in [0.1, 0.15) is 40.7 Å². The van der Waals surface area contributed by atoms with Crippen LogP contribution in [-0.2, 0) is 51.7 Å². The predicted molar refractivity (Wildman–Crippen MR) is 206 cm³/mol. The number of carbonyl (C=O) groups excluding carboxylic acids is 3. The summed E-state index contributed by atoms with van der Waals surface area (Å²) < 4.78 is 12.3. The van der Waals surface area contributed by atoms with Crippen molar-refractivity contribution < 1.29 is 33.8 Å². The van der Waals surface area contributed by atoms with Crippen LogP contribution in [0.25, 0.3) is 0 Å². The van der Waals surface area contributed by atoms with Crippen molar-refractivity contribution in [3.63, 3.8) is 0 Å². The second kappa shape index (κ2) is 20.6. The van der Waals surface area contributed by atoms with E-state index in [0.29, 0.717) is 37.7 Å². The highest BCUT2D eigenvalue weighted by Gasteiger charge is 2.27. The number of hydrogen-bond donors (Lipinski definition) is 4. The molecule has 0 radical (unpaired) electrons. The highest BCUT2D eigenvalue weighted by Crippen LogP contribution is 2.30. The smallest absolute Gasteiger partial charge is 0.326 e.